The molecular weight excluding hydrogens is 254 g/mol. The summed E-state index contributed by atoms with van der Waals surface area (Å²) in [5.41, 5.74) is 2.50. The predicted octanol–water partition coefficient (Wildman–Crippen LogP) is 2.16. The minimum absolute atomic E-state index is 0.352. The molecule has 0 aliphatic carbocycles. The van der Waals surface area contributed by atoms with Gasteiger partial charge < -0.3 is 10.1 Å². The SMILES string of the molecule is CCNCc1cccc(-n2cncc2C(=O)OCC)c1. The van der Waals surface area contributed by atoms with Crippen molar-refractivity contribution in [3.63, 3.8) is 0 Å². The fraction of sp³-hybridized carbons (Fsp3) is 0.333. The number of hydrogen-bond acceptors (Lipinski definition) is 4. The number of carbonyl (C=O) groups excluding carboxylic acids is 1. The normalized spacial score (nSPS) is 10.5. The molecule has 2 rings (SSSR count). The smallest absolute Gasteiger partial charge is 0.356 e. The molecule has 1 heterocycles. The van der Waals surface area contributed by atoms with E-state index in [0.29, 0.717) is 12.3 Å². The van der Waals surface area contributed by atoms with Crippen LogP contribution in [0.5, 0.6) is 0 Å². The van der Waals surface area contributed by atoms with E-state index < -0.39 is 0 Å². The predicted molar refractivity (Wildman–Crippen MR) is 76.9 cm³/mol. The van der Waals surface area contributed by atoms with E-state index in [1.807, 2.05) is 24.3 Å². The highest BCUT2D eigenvalue weighted by Crippen LogP contribution is 2.14. The van der Waals surface area contributed by atoms with E-state index in [2.05, 4.69) is 17.2 Å². The molecule has 0 aliphatic heterocycles. The van der Waals surface area contributed by atoms with E-state index >= 15 is 0 Å². The lowest BCUT2D eigenvalue weighted by molar-refractivity contribution is 0.0517. The van der Waals surface area contributed by atoms with Gasteiger partial charge in [-0.3, -0.25) is 4.57 Å². The maximum Gasteiger partial charge on any atom is 0.356 e. The maximum absolute atomic E-state index is 11.9. The Hall–Kier alpha value is -2.14. The summed E-state index contributed by atoms with van der Waals surface area (Å²) in [6.45, 7) is 5.93. The minimum Gasteiger partial charge on any atom is -0.461 e. The molecule has 5 nitrogen and oxygen atoms in total. The van der Waals surface area contributed by atoms with Crippen LogP contribution >= 0.6 is 0 Å². The van der Waals surface area contributed by atoms with Gasteiger partial charge in [0.25, 0.3) is 0 Å². The molecular formula is C15H19N3O2. The van der Waals surface area contributed by atoms with Crippen LogP contribution in [0.25, 0.3) is 5.69 Å². The topological polar surface area (TPSA) is 56.2 Å². The Morgan fingerprint density at radius 1 is 1.40 bits per heavy atom. The molecule has 1 N–H and O–H groups in total. The molecule has 0 amide bonds. The van der Waals surface area contributed by atoms with Crippen molar-refractivity contribution in [1.82, 2.24) is 14.9 Å². The van der Waals surface area contributed by atoms with Crippen molar-refractivity contribution in [1.29, 1.82) is 0 Å². The molecule has 0 saturated heterocycles. The molecule has 1 aromatic heterocycles. The second-order valence-corrected chi connectivity index (χ2v) is 4.32. The average Bonchev–Trinajstić information content (AvgIpc) is 2.95. The molecule has 2 aromatic rings. The van der Waals surface area contributed by atoms with Crippen LogP contribution in [0.4, 0.5) is 0 Å². The van der Waals surface area contributed by atoms with Gasteiger partial charge in [-0.1, -0.05) is 19.1 Å². The number of rotatable bonds is 6. The third-order valence-electron chi connectivity index (χ3n) is 2.89. The first-order valence-corrected chi connectivity index (χ1v) is 6.75. The molecule has 0 unspecified atom stereocenters. The maximum atomic E-state index is 11.9. The highest BCUT2D eigenvalue weighted by atomic mass is 16.5. The van der Waals surface area contributed by atoms with Gasteiger partial charge in [-0.2, -0.15) is 0 Å². The summed E-state index contributed by atoms with van der Waals surface area (Å²) in [6.07, 6.45) is 3.15. The molecule has 0 saturated carbocycles. The minimum atomic E-state index is -0.359. The highest BCUT2D eigenvalue weighted by molar-refractivity contribution is 5.88. The van der Waals surface area contributed by atoms with Gasteiger partial charge >= 0.3 is 5.97 Å². The first-order valence-electron chi connectivity index (χ1n) is 6.75. The van der Waals surface area contributed by atoms with Crippen LogP contribution in [0.3, 0.4) is 0 Å². The zero-order valence-electron chi connectivity index (χ0n) is 11.8. The molecule has 106 valence electrons. The van der Waals surface area contributed by atoms with Crippen molar-refractivity contribution in [2.24, 2.45) is 0 Å². The van der Waals surface area contributed by atoms with Crippen LogP contribution in [-0.4, -0.2) is 28.7 Å². The summed E-state index contributed by atoms with van der Waals surface area (Å²) in [5, 5.41) is 3.28. The molecule has 0 atom stereocenters. The average molecular weight is 273 g/mol. The Balaban J connectivity index is 2.27. The quantitative estimate of drug-likeness (QED) is 0.819. The Labute approximate surface area is 118 Å². The number of benzene rings is 1. The van der Waals surface area contributed by atoms with E-state index in [9.17, 15) is 4.79 Å². The number of nitrogens with one attached hydrogen (secondary N) is 1. The summed E-state index contributed by atoms with van der Waals surface area (Å²) < 4.78 is 6.77. The number of aromatic nitrogens is 2. The second-order valence-electron chi connectivity index (χ2n) is 4.32. The van der Waals surface area contributed by atoms with Gasteiger partial charge in [0.1, 0.15) is 0 Å². The Morgan fingerprint density at radius 3 is 3.00 bits per heavy atom. The number of nitrogens with zero attached hydrogens (tertiary/aromatic N) is 2. The molecule has 0 aliphatic rings. The molecule has 0 bridgehead atoms. The van der Waals surface area contributed by atoms with Gasteiger partial charge in [0.05, 0.1) is 19.1 Å². The van der Waals surface area contributed by atoms with Gasteiger partial charge in [0.15, 0.2) is 5.69 Å². The van der Waals surface area contributed by atoms with Crippen LogP contribution in [0, 0.1) is 0 Å². The Kier molecular flexibility index (Phi) is 4.90. The Bertz CT molecular complexity index is 578. The van der Waals surface area contributed by atoms with Crippen molar-refractivity contribution < 1.29 is 9.53 Å². The summed E-state index contributed by atoms with van der Waals surface area (Å²) >= 11 is 0. The number of ether oxygens (including phenoxy) is 1. The molecule has 0 spiro atoms. The summed E-state index contributed by atoms with van der Waals surface area (Å²) in [7, 11) is 0. The van der Waals surface area contributed by atoms with Crippen LogP contribution in [0.2, 0.25) is 0 Å². The van der Waals surface area contributed by atoms with Gasteiger partial charge in [-0.25, -0.2) is 9.78 Å². The van der Waals surface area contributed by atoms with Gasteiger partial charge in [0.2, 0.25) is 0 Å². The first kappa shape index (κ1) is 14.3. The number of esters is 1. The monoisotopic (exact) mass is 273 g/mol. The molecule has 5 heteroatoms. The fourth-order valence-corrected chi connectivity index (χ4v) is 1.94. The Morgan fingerprint density at radius 2 is 2.25 bits per heavy atom. The van der Waals surface area contributed by atoms with Gasteiger partial charge in [0, 0.05) is 12.2 Å². The molecule has 1 aromatic carbocycles. The van der Waals surface area contributed by atoms with Crippen molar-refractivity contribution in [3.8, 4) is 5.69 Å². The largest absolute Gasteiger partial charge is 0.461 e. The van der Waals surface area contributed by atoms with Crippen LogP contribution in [0.1, 0.15) is 29.9 Å². The van der Waals surface area contributed by atoms with E-state index in [0.717, 1.165) is 24.3 Å². The van der Waals surface area contributed by atoms with E-state index in [1.54, 1.807) is 17.8 Å². The third-order valence-corrected chi connectivity index (χ3v) is 2.89. The summed E-state index contributed by atoms with van der Waals surface area (Å²) in [5.74, 6) is -0.359. The molecule has 20 heavy (non-hydrogen) atoms. The highest BCUT2D eigenvalue weighted by Gasteiger charge is 2.13. The molecule has 0 fully saturated rings. The number of carbonyl (C=O) groups is 1. The van der Waals surface area contributed by atoms with Gasteiger partial charge in [-0.05, 0) is 31.2 Å². The lowest BCUT2D eigenvalue weighted by Gasteiger charge is -2.09. The number of hydrogen-bond donors (Lipinski definition) is 1. The zero-order valence-corrected chi connectivity index (χ0v) is 11.8. The third kappa shape index (κ3) is 3.24. The molecule has 0 radical (unpaired) electrons. The van der Waals surface area contributed by atoms with Crippen LogP contribution in [0.15, 0.2) is 36.8 Å². The first-order chi connectivity index (χ1) is 9.76. The fourth-order valence-electron chi connectivity index (χ4n) is 1.94. The van der Waals surface area contributed by atoms with E-state index in [4.69, 9.17) is 4.74 Å². The van der Waals surface area contributed by atoms with Crippen LogP contribution in [-0.2, 0) is 11.3 Å². The van der Waals surface area contributed by atoms with Crippen molar-refractivity contribution in [2.75, 3.05) is 13.2 Å². The lowest BCUT2D eigenvalue weighted by atomic mass is 10.2. The van der Waals surface area contributed by atoms with E-state index in [-0.39, 0.29) is 5.97 Å². The van der Waals surface area contributed by atoms with Crippen molar-refractivity contribution in [2.45, 2.75) is 20.4 Å². The summed E-state index contributed by atoms with van der Waals surface area (Å²) in [4.78, 5) is 15.9. The lowest BCUT2D eigenvalue weighted by Crippen LogP contribution is -2.13. The van der Waals surface area contributed by atoms with Crippen molar-refractivity contribution in [3.05, 3.63) is 48.0 Å². The van der Waals surface area contributed by atoms with E-state index in [1.165, 1.54) is 6.20 Å². The second kappa shape index (κ2) is 6.86. The van der Waals surface area contributed by atoms with Gasteiger partial charge in [-0.15, -0.1) is 0 Å². The van der Waals surface area contributed by atoms with Crippen molar-refractivity contribution >= 4 is 5.97 Å². The standard InChI is InChI=1S/C15H19N3O2/c1-3-16-9-12-6-5-7-13(8-12)18-11-17-10-14(18)15(19)20-4-2/h5-8,10-11,16H,3-4,9H2,1-2H3. The summed E-state index contributed by atoms with van der Waals surface area (Å²) in [6, 6.07) is 8.00. The zero-order chi connectivity index (χ0) is 14.4. The van der Waals surface area contributed by atoms with Crippen LogP contribution < -0.4 is 5.32 Å². The number of imidazole rings is 1.